The molecule has 0 spiro atoms. The smallest absolute Gasteiger partial charge is 0.0709 e. The fourth-order valence-electron chi connectivity index (χ4n) is 2.31. The van der Waals surface area contributed by atoms with Crippen LogP contribution in [0.15, 0.2) is 24.3 Å². The summed E-state index contributed by atoms with van der Waals surface area (Å²) in [5.74, 6) is 0.762. The Kier molecular flexibility index (Phi) is 2.21. The third-order valence-electron chi connectivity index (χ3n) is 3.62. The molecule has 0 bridgehead atoms. The topological polar surface area (TPSA) is 17.8 Å². The van der Waals surface area contributed by atoms with Crippen molar-refractivity contribution in [3.63, 3.8) is 0 Å². The zero-order valence-corrected chi connectivity index (χ0v) is 10.2. The molecule has 1 aliphatic rings. The first-order valence-electron chi connectivity index (χ1n) is 5.71. The number of aromatic nitrogens is 2. The van der Waals surface area contributed by atoms with E-state index in [0.717, 1.165) is 12.3 Å². The van der Waals surface area contributed by atoms with Crippen molar-refractivity contribution in [2.45, 2.75) is 19.3 Å². The van der Waals surface area contributed by atoms with Crippen molar-refractivity contribution in [3.8, 4) is 0 Å². The molecule has 0 aliphatic heterocycles. The molecule has 1 aliphatic carbocycles. The van der Waals surface area contributed by atoms with Crippen LogP contribution in [0, 0.1) is 5.41 Å². The molecule has 3 rings (SSSR count). The maximum absolute atomic E-state index is 6.03. The molecule has 2 aromatic rings. The molecule has 1 heterocycles. The van der Waals surface area contributed by atoms with E-state index in [-0.39, 0.29) is 0 Å². The minimum absolute atomic E-state index is 0.346. The highest BCUT2D eigenvalue weighted by molar-refractivity contribution is 6.18. The summed E-state index contributed by atoms with van der Waals surface area (Å²) < 4.78 is 1.97. The zero-order chi connectivity index (χ0) is 11.2. The van der Waals surface area contributed by atoms with Gasteiger partial charge in [0.15, 0.2) is 0 Å². The Morgan fingerprint density at radius 1 is 1.38 bits per heavy atom. The number of hydrogen-bond donors (Lipinski definition) is 0. The Morgan fingerprint density at radius 2 is 2.12 bits per heavy atom. The first-order valence-corrected chi connectivity index (χ1v) is 6.24. The minimum atomic E-state index is 0.346. The van der Waals surface area contributed by atoms with Gasteiger partial charge in [-0.15, -0.1) is 11.6 Å². The van der Waals surface area contributed by atoms with Crippen molar-refractivity contribution in [2.75, 3.05) is 5.88 Å². The van der Waals surface area contributed by atoms with Crippen LogP contribution in [0.3, 0.4) is 0 Å². The Balaban J connectivity index is 2.04. The van der Waals surface area contributed by atoms with Crippen LogP contribution in [0.5, 0.6) is 0 Å². The van der Waals surface area contributed by atoms with Crippen molar-refractivity contribution >= 4 is 22.5 Å². The third-order valence-corrected chi connectivity index (χ3v) is 4.18. The average molecular weight is 235 g/mol. The van der Waals surface area contributed by atoms with Gasteiger partial charge in [-0.3, -0.25) is 4.68 Å². The summed E-state index contributed by atoms with van der Waals surface area (Å²) in [5, 5.41) is 5.90. The molecule has 1 aromatic heterocycles. The van der Waals surface area contributed by atoms with Crippen molar-refractivity contribution < 1.29 is 0 Å². The highest BCUT2D eigenvalue weighted by Crippen LogP contribution is 2.49. The zero-order valence-electron chi connectivity index (χ0n) is 9.41. The fraction of sp³-hybridized carbons (Fsp3) is 0.462. The maximum atomic E-state index is 6.03. The molecule has 84 valence electrons. The highest BCUT2D eigenvalue weighted by atomic mass is 35.5. The second-order valence-electron chi connectivity index (χ2n) is 4.90. The van der Waals surface area contributed by atoms with E-state index in [4.69, 9.17) is 11.6 Å². The van der Waals surface area contributed by atoms with Crippen LogP contribution in [0.25, 0.3) is 10.9 Å². The average Bonchev–Trinajstić information content (AvgIpc) is 3.02. The van der Waals surface area contributed by atoms with E-state index in [0.29, 0.717) is 5.41 Å². The van der Waals surface area contributed by atoms with Crippen LogP contribution >= 0.6 is 11.6 Å². The quantitative estimate of drug-likeness (QED) is 0.747. The summed E-state index contributed by atoms with van der Waals surface area (Å²) in [6.07, 6.45) is 3.53. The second kappa shape index (κ2) is 3.49. The van der Waals surface area contributed by atoms with Gasteiger partial charge in [-0.25, -0.2) is 0 Å². The number of halogens is 1. The van der Waals surface area contributed by atoms with Gasteiger partial charge in [0.2, 0.25) is 0 Å². The van der Waals surface area contributed by atoms with E-state index in [9.17, 15) is 0 Å². The molecule has 3 heteroatoms. The van der Waals surface area contributed by atoms with E-state index >= 15 is 0 Å². The summed E-state index contributed by atoms with van der Waals surface area (Å²) in [5.41, 5.74) is 2.76. The number of hydrogen-bond acceptors (Lipinski definition) is 1. The van der Waals surface area contributed by atoms with Crippen LogP contribution in [0.2, 0.25) is 0 Å². The van der Waals surface area contributed by atoms with Crippen molar-refractivity contribution in [2.24, 2.45) is 12.5 Å². The van der Waals surface area contributed by atoms with E-state index in [1.54, 1.807) is 0 Å². The van der Waals surface area contributed by atoms with Crippen LogP contribution < -0.4 is 0 Å². The number of rotatable bonds is 3. The van der Waals surface area contributed by atoms with Gasteiger partial charge >= 0.3 is 0 Å². The lowest BCUT2D eigenvalue weighted by Gasteiger charge is -2.08. The molecule has 16 heavy (non-hydrogen) atoms. The van der Waals surface area contributed by atoms with E-state index in [1.807, 2.05) is 11.7 Å². The highest BCUT2D eigenvalue weighted by Gasteiger charge is 2.42. The number of para-hydroxylation sites is 1. The van der Waals surface area contributed by atoms with Gasteiger partial charge in [-0.05, 0) is 30.7 Å². The lowest BCUT2D eigenvalue weighted by Crippen LogP contribution is -2.07. The number of fused-ring (bicyclic) bond motifs is 1. The van der Waals surface area contributed by atoms with E-state index in [2.05, 4.69) is 29.4 Å². The first kappa shape index (κ1) is 10.2. The van der Waals surface area contributed by atoms with Crippen molar-refractivity contribution in [1.82, 2.24) is 9.78 Å². The van der Waals surface area contributed by atoms with Gasteiger partial charge in [0.1, 0.15) is 0 Å². The lowest BCUT2D eigenvalue weighted by molar-refractivity contribution is 0.563. The number of aryl methyl sites for hydroxylation is 1. The first-order chi connectivity index (χ1) is 7.74. The summed E-state index contributed by atoms with van der Waals surface area (Å²) >= 11 is 6.03. The molecular weight excluding hydrogens is 220 g/mol. The van der Waals surface area contributed by atoms with Crippen molar-refractivity contribution in [1.29, 1.82) is 0 Å². The largest absolute Gasteiger partial charge is 0.268 e. The molecular formula is C13H15ClN2. The molecule has 0 radical (unpaired) electrons. The summed E-state index contributed by atoms with van der Waals surface area (Å²) in [7, 11) is 2.01. The summed E-state index contributed by atoms with van der Waals surface area (Å²) in [6.45, 7) is 0. The Bertz CT molecular complexity index is 526. The number of alkyl halides is 1. The molecule has 0 atom stereocenters. The Morgan fingerprint density at radius 3 is 2.81 bits per heavy atom. The van der Waals surface area contributed by atoms with Crippen molar-refractivity contribution in [3.05, 3.63) is 30.0 Å². The van der Waals surface area contributed by atoms with E-state index in [1.165, 1.54) is 29.4 Å². The molecule has 0 unspecified atom stereocenters. The predicted molar refractivity (Wildman–Crippen MR) is 66.8 cm³/mol. The van der Waals surface area contributed by atoms with Gasteiger partial charge in [-0.1, -0.05) is 18.2 Å². The molecule has 1 aromatic carbocycles. The third kappa shape index (κ3) is 1.52. The van der Waals surface area contributed by atoms with Crippen LogP contribution in [0.1, 0.15) is 18.5 Å². The monoisotopic (exact) mass is 234 g/mol. The van der Waals surface area contributed by atoms with Gasteiger partial charge in [0.25, 0.3) is 0 Å². The van der Waals surface area contributed by atoms with Crippen LogP contribution in [0.4, 0.5) is 0 Å². The van der Waals surface area contributed by atoms with Gasteiger partial charge in [0, 0.05) is 18.3 Å². The molecule has 0 N–H and O–H groups in total. The molecule has 0 saturated heterocycles. The second-order valence-corrected chi connectivity index (χ2v) is 5.17. The Hall–Kier alpha value is -1.02. The van der Waals surface area contributed by atoms with Gasteiger partial charge in [0.05, 0.1) is 11.2 Å². The molecule has 0 amide bonds. The Labute approximate surface area is 100 Å². The molecule has 2 nitrogen and oxygen atoms in total. The van der Waals surface area contributed by atoms with Gasteiger partial charge in [-0.2, -0.15) is 5.10 Å². The van der Waals surface area contributed by atoms with Crippen LogP contribution in [-0.2, 0) is 13.5 Å². The van der Waals surface area contributed by atoms with Gasteiger partial charge < -0.3 is 0 Å². The summed E-state index contributed by atoms with van der Waals surface area (Å²) in [4.78, 5) is 0. The number of benzene rings is 1. The number of nitrogens with zero attached hydrogens (tertiary/aromatic N) is 2. The minimum Gasteiger partial charge on any atom is -0.268 e. The molecule has 1 saturated carbocycles. The normalized spacial score (nSPS) is 17.9. The maximum Gasteiger partial charge on any atom is 0.0709 e. The predicted octanol–water partition coefficient (Wildman–Crippen LogP) is 3.13. The standard InChI is InChI=1S/C13H15ClN2/c1-16-12-5-3-2-4-10(12)11(15-16)8-13(9-14)6-7-13/h2-5H,6-9H2,1H3. The van der Waals surface area contributed by atoms with Crippen LogP contribution in [-0.4, -0.2) is 15.7 Å². The SMILES string of the molecule is Cn1nc(CC2(CCl)CC2)c2ccccc21. The lowest BCUT2D eigenvalue weighted by atomic mass is 10.0. The summed E-state index contributed by atoms with van der Waals surface area (Å²) in [6, 6.07) is 8.41. The molecule has 1 fully saturated rings. The fourth-order valence-corrected chi connectivity index (χ4v) is 2.67. The van der Waals surface area contributed by atoms with E-state index < -0.39 is 0 Å².